The summed E-state index contributed by atoms with van der Waals surface area (Å²) in [5.41, 5.74) is -0.307. The maximum atomic E-state index is 12.0. The minimum Gasteiger partial charge on any atom is -0.463 e. The quantitative estimate of drug-likeness (QED) is 0.451. The SMILES string of the molecule is CCCCC(C)(CCC)C(=O)OCCOC. The van der Waals surface area contributed by atoms with Crippen LogP contribution >= 0.6 is 0 Å². The summed E-state index contributed by atoms with van der Waals surface area (Å²) in [5.74, 6) is -0.0696. The van der Waals surface area contributed by atoms with Gasteiger partial charge >= 0.3 is 5.97 Å². The van der Waals surface area contributed by atoms with E-state index in [0.717, 1.165) is 32.1 Å². The van der Waals surface area contributed by atoms with E-state index in [9.17, 15) is 4.79 Å². The molecule has 0 aliphatic heterocycles. The van der Waals surface area contributed by atoms with Crippen molar-refractivity contribution >= 4 is 5.97 Å². The maximum Gasteiger partial charge on any atom is 0.311 e. The van der Waals surface area contributed by atoms with Crippen LogP contribution in [0.15, 0.2) is 0 Å². The van der Waals surface area contributed by atoms with Crippen molar-refractivity contribution in [2.45, 2.75) is 52.9 Å². The number of carbonyl (C=O) groups is 1. The fraction of sp³-hybridized carbons (Fsp3) is 0.923. The van der Waals surface area contributed by atoms with Crippen LogP contribution in [0.1, 0.15) is 52.9 Å². The number of esters is 1. The Kier molecular flexibility index (Phi) is 8.26. The average Bonchev–Trinajstić information content (AvgIpc) is 2.27. The lowest BCUT2D eigenvalue weighted by molar-refractivity contribution is -0.157. The Labute approximate surface area is 99.5 Å². The van der Waals surface area contributed by atoms with Crippen molar-refractivity contribution < 1.29 is 14.3 Å². The monoisotopic (exact) mass is 230 g/mol. The lowest BCUT2D eigenvalue weighted by Crippen LogP contribution is -2.30. The molecule has 0 radical (unpaired) electrons. The fourth-order valence-electron chi connectivity index (χ4n) is 1.84. The van der Waals surface area contributed by atoms with Crippen LogP contribution in [-0.2, 0) is 14.3 Å². The van der Waals surface area contributed by atoms with Crippen LogP contribution in [0, 0.1) is 5.41 Å². The maximum absolute atomic E-state index is 12.0. The third-order valence-electron chi connectivity index (χ3n) is 2.90. The van der Waals surface area contributed by atoms with Gasteiger partial charge in [0.05, 0.1) is 12.0 Å². The van der Waals surface area contributed by atoms with Gasteiger partial charge in [-0.15, -0.1) is 0 Å². The van der Waals surface area contributed by atoms with Gasteiger partial charge in [0.1, 0.15) is 6.61 Å². The number of rotatable bonds is 9. The standard InChI is InChI=1S/C13H26O3/c1-5-7-9-13(3,8-6-2)12(14)16-11-10-15-4/h5-11H2,1-4H3. The summed E-state index contributed by atoms with van der Waals surface area (Å²) >= 11 is 0. The Morgan fingerprint density at radius 2 is 1.81 bits per heavy atom. The molecule has 0 heterocycles. The minimum atomic E-state index is -0.307. The summed E-state index contributed by atoms with van der Waals surface area (Å²) in [6.07, 6.45) is 5.03. The van der Waals surface area contributed by atoms with Gasteiger partial charge < -0.3 is 9.47 Å². The molecule has 0 spiro atoms. The molecule has 0 aliphatic carbocycles. The highest BCUT2D eigenvalue weighted by Gasteiger charge is 2.32. The van der Waals surface area contributed by atoms with Crippen molar-refractivity contribution in [1.82, 2.24) is 0 Å². The van der Waals surface area contributed by atoms with Gasteiger partial charge in [0.15, 0.2) is 0 Å². The number of methoxy groups -OCH3 is 1. The zero-order valence-corrected chi connectivity index (χ0v) is 11.2. The van der Waals surface area contributed by atoms with E-state index in [4.69, 9.17) is 9.47 Å². The molecule has 1 atom stereocenters. The second kappa shape index (κ2) is 8.57. The van der Waals surface area contributed by atoms with E-state index in [0.29, 0.717) is 13.2 Å². The molecule has 16 heavy (non-hydrogen) atoms. The number of hydrogen-bond donors (Lipinski definition) is 0. The molecular formula is C13H26O3. The predicted molar refractivity (Wildman–Crippen MR) is 65.4 cm³/mol. The Morgan fingerprint density at radius 3 is 2.31 bits per heavy atom. The second-order valence-electron chi connectivity index (χ2n) is 4.54. The van der Waals surface area contributed by atoms with Crippen molar-refractivity contribution in [3.63, 3.8) is 0 Å². The van der Waals surface area contributed by atoms with E-state index < -0.39 is 0 Å². The highest BCUT2D eigenvalue weighted by Crippen LogP contribution is 2.31. The third kappa shape index (κ3) is 5.50. The molecule has 3 nitrogen and oxygen atoms in total. The van der Waals surface area contributed by atoms with Crippen LogP contribution in [-0.4, -0.2) is 26.3 Å². The van der Waals surface area contributed by atoms with Crippen molar-refractivity contribution in [3.8, 4) is 0 Å². The molecule has 0 fully saturated rings. The summed E-state index contributed by atoms with van der Waals surface area (Å²) in [6.45, 7) is 7.10. The van der Waals surface area contributed by atoms with Crippen LogP contribution in [0.3, 0.4) is 0 Å². The van der Waals surface area contributed by atoms with Crippen LogP contribution in [0.4, 0.5) is 0 Å². The summed E-state index contributed by atoms with van der Waals surface area (Å²) in [4.78, 5) is 12.0. The van der Waals surface area contributed by atoms with E-state index >= 15 is 0 Å². The van der Waals surface area contributed by atoms with E-state index in [1.54, 1.807) is 7.11 Å². The molecule has 0 amide bonds. The van der Waals surface area contributed by atoms with Crippen LogP contribution in [0.25, 0.3) is 0 Å². The number of hydrogen-bond acceptors (Lipinski definition) is 3. The van der Waals surface area contributed by atoms with E-state index in [-0.39, 0.29) is 11.4 Å². The molecule has 0 rings (SSSR count). The summed E-state index contributed by atoms with van der Waals surface area (Å²) < 4.78 is 10.1. The zero-order chi connectivity index (χ0) is 12.4. The van der Waals surface area contributed by atoms with Crippen molar-refractivity contribution in [1.29, 1.82) is 0 Å². The number of carbonyl (C=O) groups excluding carboxylic acids is 1. The first kappa shape index (κ1) is 15.4. The third-order valence-corrected chi connectivity index (χ3v) is 2.90. The molecule has 0 N–H and O–H groups in total. The predicted octanol–water partition coefficient (Wildman–Crippen LogP) is 3.17. The lowest BCUT2D eigenvalue weighted by Gasteiger charge is -2.26. The van der Waals surface area contributed by atoms with Gasteiger partial charge in [-0.1, -0.05) is 33.1 Å². The molecule has 0 saturated heterocycles. The Morgan fingerprint density at radius 1 is 1.12 bits per heavy atom. The molecule has 3 heteroatoms. The van der Waals surface area contributed by atoms with Crippen LogP contribution in [0.2, 0.25) is 0 Å². The smallest absolute Gasteiger partial charge is 0.311 e. The molecule has 0 bridgehead atoms. The summed E-state index contributed by atoms with van der Waals surface area (Å²) in [7, 11) is 1.61. The molecule has 0 aliphatic rings. The summed E-state index contributed by atoms with van der Waals surface area (Å²) in [5, 5.41) is 0. The Balaban J connectivity index is 4.20. The molecule has 0 aromatic rings. The molecular weight excluding hydrogens is 204 g/mol. The molecule has 0 saturated carbocycles. The first-order chi connectivity index (χ1) is 7.60. The number of unbranched alkanes of at least 4 members (excludes halogenated alkanes) is 1. The van der Waals surface area contributed by atoms with E-state index in [1.165, 1.54) is 0 Å². The van der Waals surface area contributed by atoms with Crippen molar-refractivity contribution in [2.24, 2.45) is 5.41 Å². The van der Waals surface area contributed by atoms with Gasteiger partial charge in [-0.05, 0) is 19.8 Å². The van der Waals surface area contributed by atoms with Gasteiger partial charge in [-0.2, -0.15) is 0 Å². The van der Waals surface area contributed by atoms with Crippen LogP contribution in [0.5, 0.6) is 0 Å². The molecule has 0 aromatic heterocycles. The van der Waals surface area contributed by atoms with E-state index in [2.05, 4.69) is 13.8 Å². The minimum absolute atomic E-state index is 0.0696. The highest BCUT2D eigenvalue weighted by molar-refractivity contribution is 5.76. The largest absolute Gasteiger partial charge is 0.463 e. The van der Waals surface area contributed by atoms with Crippen molar-refractivity contribution in [3.05, 3.63) is 0 Å². The van der Waals surface area contributed by atoms with Gasteiger partial charge in [-0.25, -0.2) is 0 Å². The van der Waals surface area contributed by atoms with Gasteiger partial charge in [-0.3, -0.25) is 4.79 Å². The fourth-order valence-corrected chi connectivity index (χ4v) is 1.84. The lowest BCUT2D eigenvalue weighted by atomic mass is 9.81. The first-order valence-electron chi connectivity index (χ1n) is 6.27. The second-order valence-corrected chi connectivity index (χ2v) is 4.54. The van der Waals surface area contributed by atoms with Gasteiger partial charge in [0, 0.05) is 7.11 Å². The Hall–Kier alpha value is -0.570. The van der Waals surface area contributed by atoms with Gasteiger partial charge in [0.25, 0.3) is 0 Å². The Bertz CT molecular complexity index is 192. The number of ether oxygens (including phenoxy) is 2. The van der Waals surface area contributed by atoms with Gasteiger partial charge in [0.2, 0.25) is 0 Å². The molecule has 1 unspecified atom stereocenters. The molecule has 96 valence electrons. The average molecular weight is 230 g/mol. The van der Waals surface area contributed by atoms with Crippen molar-refractivity contribution in [2.75, 3.05) is 20.3 Å². The highest BCUT2D eigenvalue weighted by atomic mass is 16.6. The zero-order valence-electron chi connectivity index (χ0n) is 11.2. The first-order valence-corrected chi connectivity index (χ1v) is 6.27. The summed E-state index contributed by atoms with van der Waals surface area (Å²) in [6, 6.07) is 0. The molecule has 0 aromatic carbocycles. The van der Waals surface area contributed by atoms with Crippen LogP contribution < -0.4 is 0 Å². The topological polar surface area (TPSA) is 35.5 Å². The normalized spacial score (nSPS) is 14.5. The van der Waals surface area contributed by atoms with E-state index in [1.807, 2.05) is 6.92 Å².